The van der Waals surface area contributed by atoms with Crippen molar-refractivity contribution in [1.82, 2.24) is 10.2 Å². The number of hydrogen-bond donors (Lipinski definition) is 1. The summed E-state index contributed by atoms with van der Waals surface area (Å²) in [5.74, 6) is 0. The Morgan fingerprint density at radius 2 is 1.92 bits per heavy atom. The molecule has 1 fully saturated rings. The number of ether oxygens (including phenoxy) is 2. The fraction of sp³-hybridized carbons (Fsp3) is 0.579. The van der Waals surface area contributed by atoms with Crippen molar-refractivity contribution in [2.24, 2.45) is 0 Å². The predicted octanol–water partition coefficient (Wildman–Crippen LogP) is 3.70. The molecule has 0 aliphatic carbocycles. The quantitative estimate of drug-likeness (QED) is 0.901. The first-order chi connectivity index (χ1) is 11.8. The molecule has 1 heterocycles. The van der Waals surface area contributed by atoms with Gasteiger partial charge in [0.15, 0.2) is 0 Å². The number of likely N-dealkylation sites (tertiary alicyclic amines) is 1. The van der Waals surface area contributed by atoms with Crippen LogP contribution in [0.1, 0.15) is 45.6 Å². The summed E-state index contributed by atoms with van der Waals surface area (Å²) in [7, 11) is 0. The van der Waals surface area contributed by atoms with Gasteiger partial charge in [0.1, 0.15) is 12.2 Å². The number of benzene rings is 1. The molecule has 0 saturated carbocycles. The van der Waals surface area contributed by atoms with E-state index in [0.717, 1.165) is 24.8 Å². The molecule has 0 aromatic heterocycles. The Balaban J connectivity index is 1.84. The van der Waals surface area contributed by atoms with Gasteiger partial charge < -0.3 is 19.7 Å². The average molecular weight is 348 g/mol. The number of piperidine rings is 1. The van der Waals surface area contributed by atoms with Crippen molar-refractivity contribution in [2.75, 3.05) is 13.1 Å². The summed E-state index contributed by atoms with van der Waals surface area (Å²) >= 11 is 0. The summed E-state index contributed by atoms with van der Waals surface area (Å²) in [6.45, 7) is 6.73. The zero-order valence-electron chi connectivity index (χ0n) is 15.3. The molecule has 1 aromatic rings. The van der Waals surface area contributed by atoms with Crippen LogP contribution >= 0.6 is 0 Å². The molecule has 138 valence electrons. The number of hydrogen-bond acceptors (Lipinski definition) is 4. The highest BCUT2D eigenvalue weighted by Crippen LogP contribution is 2.18. The maximum Gasteiger partial charge on any atom is 0.410 e. The van der Waals surface area contributed by atoms with Crippen molar-refractivity contribution in [2.45, 2.75) is 58.3 Å². The summed E-state index contributed by atoms with van der Waals surface area (Å²) in [6, 6.07) is 9.53. The molecule has 1 aliphatic heterocycles. The summed E-state index contributed by atoms with van der Waals surface area (Å²) in [5, 5.41) is 2.76. The van der Waals surface area contributed by atoms with Gasteiger partial charge in [-0.05, 0) is 45.6 Å². The third-order valence-corrected chi connectivity index (χ3v) is 3.95. The molecule has 0 spiro atoms. The van der Waals surface area contributed by atoms with E-state index in [4.69, 9.17) is 9.47 Å². The molecule has 25 heavy (non-hydrogen) atoms. The third-order valence-electron chi connectivity index (χ3n) is 3.95. The second kappa shape index (κ2) is 8.74. The van der Waals surface area contributed by atoms with Gasteiger partial charge >= 0.3 is 12.2 Å². The van der Waals surface area contributed by atoms with Crippen LogP contribution < -0.4 is 5.32 Å². The lowest BCUT2D eigenvalue weighted by Crippen LogP contribution is -2.50. The molecule has 1 aliphatic rings. The van der Waals surface area contributed by atoms with Gasteiger partial charge in [-0.15, -0.1) is 0 Å². The minimum atomic E-state index is -0.537. The summed E-state index contributed by atoms with van der Waals surface area (Å²) in [6.07, 6.45) is 2.03. The van der Waals surface area contributed by atoms with Crippen molar-refractivity contribution in [1.29, 1.82) is 0 Å². The maximum atomic E-state index is 12.4. The summed E-state index contributed by atoms with van der Waals surface area (Å²) < 4.78 is 10.7. The van der Waals surface area contributed by atoms with Crippen LogP contribution in [-0.2, 0) is 16.1 Å². The van der Waals surface area contributed by atoms with Crippen LogP contribution in [0.3, 0.4) is 0 Å². The summed E-state index contributed by atoms with van der Waals surface area (Å²) in [4.78, 5) is 25.9. The fourth-order valence-corrected chi connectivity index (χ4v) is 2.77. The van der Waals surface area contributed by atoms with E-state index in [1.54, 1.807) is 4.90 Å². The molecule has 1 saturated heterocycles. The number of rotatable bonds is 4. The van der Waals surface area contributed by atoms with Gasteiger partial charge in [0, 0.05) is 13.1 Å². The van der Waals surface area contributed by atoms with Crippen LogP contribution in [0, 0.1) is 0 Å². The van der Waals surface area contributed by atoms with Crippen LogP contribution in [0.4, 0.5) is 9.59 Å². The van der Waals surface area contributed by atoms with E-state index >= 15 is 0 Å². The SMILES string of the molecule is CC(C)(C)OC(=O)NC[C@@H]1CCCCN1C(=O)OCc1ccccc1. The van der Waals surface area contributed by atoms with Crippen molar-refractivity contribution < 1.29 is 19.1 Å². The minimum Gasteiger partial charge on any atom is -0.445 e. The molecular formula is C19H28N2O4. The Hall–Kier alpha value is -2.24. The first kappa shape index (κ1) is 19.1. The lowest BCUT2D eigenvalue weighted by Gasteiger charge is -2.35. The first-order valence-electron chi connectivity index (χ1n) is 8.79. The molecule has 1 N–H and O–H groups in total. The fourth-order valence-electron chi connectivity index (χ4n) is 2.77. The van der Waals surface area contributed by atoms with Gasteiger partial charge in [0.05, 0.1) is 6.04 Å². The van der Waals surface area contributed by atoms with Gasteiger partial charge in [-0.2, -0.15) is 0 Å². The van der Waals surface area contributed by atoms with Crippen LogP contribution in [0.15, 0.2) is 30.3 Å². The molecule has 6 nitrogen and oxygen atoms in total. The van der Waals surface area contributed by atoms with E-state index in [0.29, 0.717) is 13.1 Å². The highest BCUT2D eigenvalue weighted by atomic mass is 16.6. The van der Waals surface area contributed by atoms with Gasteiger partial charge in [-0.1, -0.05) is 30.3 Å². The third kappa shape index (κ3) is 6.64. The Kier molecular flexibility index (Phi) is 6.67. The van der Waals surface area contributed by atoms with Crippen molar-refractivity contribution in [3.05, 3.63) is 35.9 Å². The molecule has 0 radical (unpaired) electrons. The van der Waals surface area contributed by atoms with E-state index in [1.165, 1.54) is 0 Å². The maximum absolute atomic E-state index is 12.4. The zero-order valence-corrected chi connectivity index (χ0v) is 15.3. The molecule has 0 unspecified atom stereocenters. The smallest absolute Gasteiger partial charge is 0.410 e. The highest BCUT2D eigenvalue weighted by Gasteiger charge is 2.28. The van der Waals surface area contributed by atoms with Crippen molar-refractivity contribution in [3.8, 4) is 0 Å². The van der Waals surface area contributed by atoms with Gasteiger partial charge in [-0.25, -0.2) is 9.59 Å². The first-order valence-corrected chi connectivity index (χ1v) is 8.79. The summed E-state index contributed by atoms with van der Waals surface area (Å²) in [5.41, 5.74) is 0.418. The Bertz CT molecular complexity index is 569. The second-order valence-corrected chi connectivity index (χ2v) is 7.27. The van der Waals surface area contributed by atoms with Crippen LogP contribution in [-0.4, -0.2) is 41.8 Å². The Labute approximate surface area is 149 Å². The van der Waals surface area contributed by atoms with Crippen LogP contribution in [0.2, 0.25) is 0 Å². The largest absolute Gasteiger partial charge is 0.445 e. The number of carbonyl (C=O) groups is 2. The van der Waals surface area contributed by atoms with Crippen LogP contribution in [0.25, 0.3) is 0 Å². The molecule has 2 rings (SSSR count). The topological polar surface area (TPSA) is 67.9 Å². The second-order valence-electron chi connectivity index (χ2n) is 7.27. The van der Waals surface area contributed by atoms with E-state index in [-0.39, 0.29) is 18.7 Å². The van der Waals surface area contributed by atoms with Gasteiger partial charge in [0.25, 0.3) is 0 Å². The van der Waals surface area contributed by atoms with E-state index in [1.807, 2.05) is 51.1 Å². The molecular weight excluding hydrogens is 320 g/mol. The van der Waals surface area contributed by atoms with Gasteiger partial charge in [-0.3, -0.25) is 0 Å². The molecule has 1 aromatic carbocycles. The van der Waals surface area contributed by atoms with E-state index in [2.05, 4.69) is 5.32 Å². The van der Waals surface area contributed by atoms with Crippen LogP contribution in [0.5, 0.6) is 0 Å². The highest BCUT2D eigenvalue weighted by molar-refractivity contribution is 5.69. The zero-order chi connectivity index (χ0) is 18.3. The molecule has 6 heteroatoms. The molecule has 2 amide bonds. The number of nitrogens with zero attached hydrogens (tertiary/aromatic N) is 1. The monoisotopic (exact) mass is 348 g/mol. The Morgan fingerprint density at radius 1 is 1.20 bits per heavy atom. The predicted molar refractivity (Wildman–Crippen MR) is 95.2 cm³/mol. The average Bonchev–Trinajstić information content (AvgIpc) is 2.57. The number of carbonyl (C=O) groups excluding carboxylic acids is 2. The lowest BCUT2D eigenvalue weighted by molar-refractivity contribution is 0.0459. The van der Waals surface area contributed by atoms with Crippen molar-refractivity contribution in [3.63, 3.8) is 0 Å². The standard InChI is InChI=1S/C19H28N2O4/c1-19(2,3)25-17(22)20-13-16-11-7-8-12-21(16)18(23)24-14-15-9-5-4-6-10-15/h4-6,9-10,16H,7-8,11-14H2,1-3H3,(H,20,22)/t16-/m0/s1. The molecule has 0 bridgehead atoms. The van der Waals surface area contributed by atoms with Crippen molar-refractivity contribution >= 4 is 12.2 Å². The van der Waals surface area contributed by atoms with Gasteiger partial charge in [0.2, 0.25) is 0 Å². The van der Waals surface area contributed by atoms with E-state index < -0.39 is 11.7 Å². The lowest BCUT2D eigenvalue weighted by atomic mass is 10.0. The Morgan fingerprint density at radius 3 is 2.60 bits per heavy atom. The van der Waals surface area contributed by atoms with E-state index in [9.17, 15) is 9.59 Å². The minimum absolute atomic E-state index is 0.0652. The number of alkyl carbamates (subject to hydrolysis) is 1. The number of amides is 2. The number of nitrogens with one attached hydrogen (secondary N) is 1. The molecule has 1 atom stereocenters. The normalized spacial score (nSPS) is 17.7.